The fourth-order valence-electron chi connectivity index (χ4n) is 2.52. The van der Waals surface area contributed by atoms with Gasteiger partial charge in [-0.05, 0) is 52.4 Å². The Hall–Kier alpha value is -1.95. The molecule has 6 nitrogen and oxygen atoms in total. The fourth-order valence-corrected chi connectivity index (χ4v) is 2.52. The summed E-state index contributed by atoms with van der Waals surface area (Å²) in [4.78, 5) is 6.71. The molecule has 1 aromatic rings. The van der Waals surface area contributed by atoms with Crippen molar-refractivity contribution in [3.63, 3.8) is 0 Å². The van der Waals surface area contributed by atoms with Gasteiger partial charge >= 0.3 is 0 Å². The average Bonchev–Trinajstić information content (AvgIpc) is 2.53. The SMILES string of the molecule is CCOc1ccc(OCC)c(NC(N)=NCC(CC(C)C)N(C)C)c1. The maximum atomic E-state index is 6.10. The number of hydrogen-bond acceptors (Lipinski definition) is 4. The summed E-state index contributed by atoms with van der Waals surface area (Å²) in [5.41, 5.74) is 6.86. The second kappa shape index (κ2) is 10.8. The molecule has 0 aliphatic carbocycles. The molecule has 0 bridgehead atoms. The molecule has 0 radical (unpaired) electrons. The molecule has 0 amide bonds. The van der Waals surface area contributed by atoms with Gasteiger partial charge in [0.1, 0.15) is 11.5 Å². The fraction of sp³-hybridized carbons (Fsp3) is 0.632. The van der Waals surface area contributed by atoms with Crippen LogP contribution in [0.3, 0.4) is 0 Å². The highest BCUT2D eigenvalue weighted by Gasteiger charge is 2.13. The van der Waals surface area contributed by atoms with E-state index >= 15 is 0 Å². The van der Waals surface area contributed by atoms with Gasteiger partial charge < -0.3 is 25.4 Å². The molecule has 0 aliphatic heterocycles. The molecular weight excluding hydrogens is 316 g/mol. The molecule has 0 fully saturated rings. The van der Waals surface area contributed by atoms with E-state index in [1.807, 2.05) is 32.0 Å². The summed E-state index contributed by atoms with van der Waals surface area (Å²) >= 11 is 0. The highest BCUT2D eigenvalue weighted by molar-refractivity contribution is 5.94. The van der Waals surface area contributed by atoms with Crippen molar-refractivity contribution < 1.29 is 9.47 Å². The zero-order chi connectivity index (χ0) is 18.8. The molecule has 142 valence electrons. The van der Waals surface area contributed by atoms with Crippen molar-refractivity contribution in [2.75, 3.05) is 39.2 Å². The van der Waals surface area contributed by atoms with Crippen molar-refractivity contribution in [3.05, 3.63) is 18.2 Å². The molecule has 3 N–H and O–H groups in total. The minimum Gasteiger partial charge on any atom is -0.494 e. The van der Waals surface area contributed by atoms with Crippen molar-refractivity contribution in [3.8, 4) is 11.5 Å². The molecular formula is C19H34N4O2. The first kappa shape index (κ1) is 21.1. The Morgan fingerprint density at radius 2 is 1.88 bits per heavy atom. The van der Waals surface area contributed by atoms with Gasteiger partial charge in [0.2, 0.25) is 0 Å². The van der Waals surface area contributed by atoms with Gasteiger partial charge in [-0.1, -0.05) is 13.8 Å². The minimum atomic E-state index is 0.362. The van der Waals surface area contributed by atoms with Gasteiger partial charge in [0.05, 0.1) is 25.4 Å². The first-order valence-corrected chi connectivity index (χ1v) is 9.00. The van der Waals surface area contributed by atoms with E-state index in [9.17, 15) is 0 Å². The van der Waals surface area contributed by atoms with Crippen LogP contribution in [0.25, 0.3) is 0 Å². The van der Waals surface area contributed by atoms with Gasteiger partial charge in [-0.2, -0.15) is 0 Å². The van der Waals surface area contributed by atoms with E-state index in [-0.39, 0.29) is 0 Å². The van der Waals surface area contributed by atoms with Crippen molar-refractivity contribution in [2.45, 2.75) is 40.2 Å². The summed E-state index contributed by atoms with van der Waals surface area (Å²) in [5.74, 6) is 2.50. The number of hydrogen-bond donors (Lipinski definition) is 2. The smallest absolute Gasteiger partial charge is 0.193 e. The maximum Gasteiger partial charge on any atom is 0.193 e. The third kappa shape index (κ3) is 7.65. The predicted molar refractivity (Wildman–Crippen MR) is 106 cm³/mol. The summed E-state index contributed by atoms with van der Waals surface area (Å²) in [6.45, 7) is 10.2. The van der Waals surface area contributed by atoms with Crippen LogP contribution in [0.4, 0.5) is 5.69 Å². The van der Waals surface area contributed by atoms with Gasteiger partial charge in [0, 0.05) is 12.1 Å². The second-order valence-electron chi connectivity index (χ2n) is 6.62. The van der Waals surface area contributed by atoms with Gasteiger partial charge in [-0.3, -0.25) is 4.99 Å². The lowest BCUT2D eigenvalue weighted by Gasteiger charge is -2.24. The average molecular weight is 351 g/mol. The van der Waals surface area contributed by atoms with Crippen LogP contribution in [0, 0.1) is 5.92 Å². The van der Waals surface area contributed by atoms with Crippen LogP contribution in [-0.4, -0.2) is 50.8 Å². The molecule has 1 rings (SSSR count). The molecule has 0 spiro atoms. The quantitative estimate of drug-likeness (QED) is 0.501. The van der Waals surface area contributed by atoms with Gasteiger partial charge in [0.25, 0.3) is 0 Å². The molecule has 0 saturated heterocycles. The number of aliphatic imine (C=N–C) groups is 1. The number of nitrogens with one attached hydrogen (secondary N) is 1. The predicted octanol–water partition coefficient (Wildman–Crippen LogP) is 3.19. The number of ether oxygens (including phenoxy) is 2. The summed E-state index contributed by atoms with van der Waals surface area (Å²) in [6, 6.07) is 6.01. The first-order chi connectivity index (χ1) is 11.9. The van der Waals surface area contributed by atoms with Crippen LogP contribution in [-0.2, 0) is 0 Å². The number of anilines is 1. The standard InChI is InChI=1S/C19H34N4O2/c1-7-24-16-9-10-18(25-8-2)17(12-16)22-19(20)21-13-15(23(5)6)11-14(3)4/h9-10,12,14-15H,7-8,11,13H2,1-6H3,(H3,20,21,22). The molecule has 0 saturated carbocycles. The number of guanidine groups is 1. The van der Waals surface area contributed by atoms with Crippen LogP contribution in [0.1, 0.15) is 34.1 Å². The summed E-state index contributed by atoms with van der Waals surface area (Å²) in [6.07, 6.45) is 1.08. The summed E-state index contributed by atoms with van der Waals surface area (Å²) in [7, 11) is 4.15. The number of rotatable bonds is 10. The van der Waals surface area contributed by atoms with Crippen LogP contribution >= 0.6 is 0 Å². The Balaban J connectivity index is 2.85. The van der Waals surface area contributed by atoms with E-state index in [1.54, 1.807) is 0 Å². The Morgan fingerprint density at radius 1 is 1.20 bits per heavy atom. The lowest BCUT2D eigenvalue weighted by Crippen LogP contribution is -2.34. The monoisotopic (exact) mass is 350 g/mol. The van der Waals surface area contributed by atoms with Crippen LogP contribution in [0.15, 0.2) is 23.2 Å². The first-order valence-electron chi connectivity index (χ1n) is 9.00. The molecule has 1 unspecified atom stereocenters. The Labute approximate surface area is 152 Å². The third-order valence-corrected chi connectivity index (χ3v) is 3.77. The molecule has 0 aromatic heterocycles. The Bertz CT molecular complexity index is 544. The molecule has 0 heterocycles. The number of nitrogens with two attached hydrogens (primary N) is 1. The van der Waals surface area contributed by atoms with Crippen molar-refractivity contribution >= 4 is 11.6 Å². The highest BCUT2D eigenvalue weighted by atomic mass is 16.5. The normalized spacial score (nSPS) is 13.2. The molecule has 1 atom stereocenters. The largest absolute Gasteiger partial charge is 0.494 e. The summed E-state index contributed by atoms with van der Waals surface area (Å²) in [5, 5.41) is 3.15. The molecule has 0 aliphatic rings. The van der Waals surface area contributed by atoms with Crippen LogP contribution in [0.5, 0.6) is 11.5 Å². The number of benzene rings is 1. The van der Waals surface area contributed by atoms with E-state index in [4.69, 9.17) is 15.2 Å². The van der Waals surface area contributed by atoms with Gasteiger partial charge in [-0.15, -0.1) is 0 Å². The van der Waals surface area contributed by atoms with Gasteiger partial charge in [0.15, 0.2) is 5.96 Å². The van der Waals surface area contributed by atoms with E-state index in [2.05, 4.69) is 43.2 Å². The van der Waals surface area contributed by atoms with Crippen molar-refractivity contribution in [2.24, 2.45) is 16.6 Å². The zero-order valence-electron chi connectivity index (χ0n) is 16.5. The Kier molecular flexibility index (Phi) is 9.13. The maximum absolute atomic E-state index is 6.10. The minimum absolute atomic E-state index is 0.362. The molecule has 6 heteroatoms. The zero-order valence-corrected chi connectivity index (χ0v) is 16.5. The molecule has 25 heavy (non-hydrogen) atoms. The third-order valence-electron chi connectivity index (χ3n) is 3.77. The van der Waals surface area contributed by atoms with E-state index in [1.165, 1.54) is 0 Å². The topological polar surface area (TPSA) is 72.1 Å². The van der Waals surface area contributed by atoms with E-state index < -0.39 is 0 Å². The highest BCUT2D eigenvalue weighted by Crippen LogP contribution is 2.29. The van der Waals surface area contributed by atoms with Crippen LogP contribution < -0.4 is 20.5 Å². The van der Waals surface area contributed by atoms with Crippen LogP contribution in [0.2, 0.25) is 0 Å². The second-order valence-corrected chi connectivity index (χ2v) is 6.62. The van der Waals surface area contributed by atoms with E-state index in [0.717, 1.165) is 23.6 Å². The van der Waals surface area contributed by atoms with Crippen molar-refractivity contribution in [1.82, 2.24) is 4.90 Å². The lowest BCUT2D eigenvalue weighted by molar-refractivity contribution is 0.261. The summed E-state index contributed by atoms with van der Waals surface area (Å²) < 4.78 is 11.2. The number of likely N-dealkylation sites (N-methyl/N-ethyl adjacent to an activating group) is 1. The molecule has 1 aromatic carbocycles. The lowest BCUT2D eigenvalue weighted by atomic mass is 10.0. The van der Waals surface area contributed by atoms with Gasteiger partial charge in [-0.25, -0.2) is 0 Å². The Morgan fingerprint density at radius 3 is 2.44 bits per heavy atom. The number of nitrogens with zero attached hydrogens (tertiary/aromatic N) is 2. The van der Waals surface area contributed by atoms with E-state index in [0.29, 0.717) is 37.7 Å². The van der Waals surface area contributed by atoms with Crippen molar-refractivity contribution in [1.29, 1.82) is 0 Å².